The van der Waals surface area contributed by atoms with Crippen molar-refractivity contribution >= 4 is 29.0 Å². The van der Waals surface area contributed by atoms with Crippen LogP contribution in [0.15, 0.2) is 48.0 Å². The molecule has 1 N–H and O–H groups in total. The number of aliphatic hydroxyl groups excluding tert-OH is 1. The molecule has 36 heavy (non-hydrogen) atoms. The van der Waals surface area contributed by atoms with Gasteiger partial charge in [0.15, 0.2) is 17.0 Å². The highest BCUT2D eigenvalue weighted by Gasteiger charge is 2.66. The Morgan fingerprint density at radius 1 is 1.06 bits per heavy atom. The minimum absolute atomic E-state index is 0.179. The number of aliphatic hydroxyl groups is 1. The first-order chi connectivity index (χ1) is 17.3. The van der Waals surface area contributed by atoms with Crippen LogP contribution < -0.4 is 14.4 Å². The van der Waals surface area contributed by atoms with Crippen LogP contribution in [0.1, 0.15) is 24.5 Å². The number of ketones is 1. The number of carbonyl (C=O) groups is 3. The van der Waals surface area contributed by atoms with Crippen molar-refractivity contribution < 1.29 is 29.0 Å². The Hall–Kier alpha value is -3.85. The van der Waals surface area contributed by atoms with Crippen molar-refractivity contribution in [2.24, 2.45) is 0 Å². The zero-order valence-corrected chi connectivity index (χ0v) is 20.6. The summed E-state index contributed by atoms with van der Waals surface area (Å²) >= 11 is 0. The van der Waals surface area contributed by atoms with Crippen molar-refractivity contribution in [1.82, 2.24) is 9.80 Å². The fraction of sp³-hybridized carbons (Fsp3) is 0.370. The number of fused-ring (bicyclic) bond motifs is 3. The summed E-state index contributed by atoms with van der Waals surface area (Å²) in [5, 5.41) is 11.6. The lowest BCUT2D eigenvalue weighted by atomic mass is 9.81. The van der Waals surface area contributed by atoms with Crippen LogP contribution in [0.3, 0.4) is 0 Å². The van der Waals surface area contributed by atoms with E-state index in [0.29, 0.717) is 55.5 Å². The number of hydrogen-bond acceptors (Lipinski definition) is 7. The summed E-state index contributed by atoms with van der Waals surface area (Å²) in [7, 11) is 3.83. The van der Waals surface area contributed by atoms with Crippen LogP contribution >= 0.6 is 0 Å². The number of benzene rings is 2. The van der Waals surface area contributed by atoms with Gasteiger partial charge >= 0.3 is 0 Å². The van der Waals surface area contributed by atoms with E-state index in [9.17, 15) is 19.5 Å². The topological polar surface area (TPSA) is 99.6 Å². The molecular formula is C27H29N3O6. The third-order valence-electron chi connectivity index (χ3n) is 6.93. The number of Topliss-reactive ketones (excluding diaryl/α,β-unsaturated/α-hetero) is 1. The zero-order chi connectivity index (χ0) is 25.6. The molecule has 3 aliphatic rings. The molecule has 0 aliphatic carbocycles. The molecule has 5 rings (SSSR count). The Morgan fingerprint density at radius 3 is 2.50 bits per heavy atom. The van der Waals surface area contributed by atoms with Crippen LogP contribution in [0, 0.1) is 0 Å². The minimum atomic E-state index is -1.75. The first kappa shape index (κ1) is 23.9. The van der Waals surface area contributed by atoms with Crippen molar-refractivity contribution in [2.45, 2.75) is 18.9 Å². The lowest BCUT2D eigenvalue weighted by molar-refractivity contribution is -0.143. The molecule has 1 unspecified atom stereocenters. The van der Waals surface area contributed by atoms with Gasteiger partial charge in [-0.1, -0.05) is 18.2 Å². The smallest absolute Gasteiger partial charge is 0.296 e. The number of para-hydroxylation sites is 1. The number of likely N-dealkylation sites (tertiary alicyclic amines) is 1. The van der Waals surface area contributed by atoms with Crippen LogP contribution in [0.4, 0.5) is 5.69 Å². The van der Waals surface area contributed by atoms with Crippen molar-refractivity contribution in [3.05, 3.63) is 59.2 Å². The molecule has 2 aromatic rings. The Kier molecular flexibility index (Phi) is 5.96. The molecule has 3 heterocycles. The predicted octanol–water partition coefficient (Wildman–Crippen LogP) is 2.35. The molecule has 0 radical (unpaired) electrons. The molecule has 1 atom stereocenters. The van der Waals surface area contributed by atoms with Crippen LogP contribution in [0.2, 0.25) is 0 Å². The lowest BCUT2D eigenvalue weighted by Gasteiger charge is -2.34. The number of ether oxygens (including phenoxy) is 2. The van der Waals surface area contributed by atoms with Gasteiger partial charge < -0.3 is 29.3 Å². The first-order valence-corrected chi connectivity index (χ1v) is 12.1. The summed E-state index contributed by atoms with van der Waals surface area (Å²) in [5.74, 6) is -1.57. The third kappa shape index (κ3) is 3.37. The summed E-state index contributed by atoms with van der Waals surface area (Å²) in [6.07, 6.45) is 0.549. The maximum absolute atomic E-state index is 14.2. The molecule has 1 fully saturated rings. The Balaban J connectivity index is 1.74. The number of rotatable bonds is 6. The second-order valence-corrected chi connectivity index (χ2v) is 9.30. The quantitative estimate of drug-likeness (QED) is 0.376. The Morgan fingerprint density at radius 2 is 1.78 bits per heavy atom. The van der Waals surface area contributed by atoms with Crippen molar-refractivity contribution in [1.29, 1.82) is 0 Å². The molecule has 9 heteroatoms. The standard InChI is InChI=1S/C27H29N3O6/c1-4-29-19-9-6-5-8-18(19)27(26(29)34)22(24(32)25(33)30(27)13-7-12-28(2)3)23(31)17-10-11-20-21(16-17)36-15-14-35-20/h5-6,8-11,16,31H,4,7,12-15H2,1-3H3/b23-22+. The van der Waals surface area contributed by atoms with E-state index in [4.69, 9.17) is 9.47 Å². The van der Waals surface area contributed by atoms with Gasteiger partial charge in [0.05, 0.1) is 11.3 Å². The SMILES string of the molecule is CCN1C(=O)C2(/C(=C(/O)c3ccc4c(c3)OCCO4)C(=O)C(=O)N2CCCN(C)C)c2ccccc21. The molecule has 0 saturated carbocycles. The zero-order valence-electron chi connectivity index (χ0n) is 20.6. The number of amides is 2. The van der Waals surface area contributed by atoms with Crippen LogP contribution in [-0.4, -0.2) is 79.4 Å². The van der Waals surface area contributed by atoms with Crippen molar-refractivity contribution in [3.63, 3.8) is 0 Å². The van der Waals surface area contributed by atoms with E-state index in [1.165, 1.54) is 4.90 Å². The Bertz CT molecular complexity index is 1290. The molecule has 3 aliphatic heterocycles. The summed E-state index contributed by atoms with van der Waals surface area (Å²) in [6, 6.07) is 12.0. The van der Waals surface area contributed by atoms with E-state index in [1.807, 2.05) is 32.0 Å². The summed E-state index contributed by atoms with van der Waals surface area (Å²) in [6.45, 7) is 3.80. The third-order valence-corrected chi connectivity index (χ3v) is 6.93. The second-order valence-electron chi connectivity index (χ2n) is 9.30. The van der Waals surface area contributed by atoms with Gasteiger partial charge in [0.2, 0.25) is 0 Å². The van der Waals surface area contributed by atoms with E-state index >= 15 is 0 Å². The molecule has 2 aromatic carbocycles. The summed E-state index contributed by atoms with van der Waals surface area (Å²) < 4.78 is 11.2. The lowest BCUT2D eigenvalue weighted by Crippen LogP contribution is -2.52. The van der Waals surface area contributed by atoms with Gasteiger partial charge in [-0.3, -0.25) is 14.4 Å². The summed E-state index contributed by atoms with van der Waals surface area (Å²) in [5.41, 5.74) is -0.560. The van der Waals surface area contributed by atoms with Crippen LogP contribution in [0.25, 0.3) is 5.76 Å². The highest BCUT2D eigenvalue weighted by Crippen LogP contribution is 2.53. The van der Waals surface area contributed by atoms with E-state index in [-0.39, 0.29) is 17.7 Å². The summed E-state index contributed by atoms with van der Waals surface area (Å²) in [4.78, 5) is 46.1. The predicted molar refractivity (Wildman–Crippen MR) is 133 cm³/mol. The number of likely N-dealkylation sites (N-methyl/N-ethyl adjacent to an activating group) is 1. The van der Waals surface area contributed by atoms with Gasteiger partial charge in [0, 0.05) is 24.2 Å². The molecule has 9 nitrogen and oxygen atoms in total. The van der Waals surface area contributed by atoms with E-state index in [0.717, 1.165) is 0 Å². The highest BCUT2D eigenvalue weighted by atomic mass is 16.6. The second kappa shape index (κ2) is 8.98. The van der Waals surface area contributed by atoms with Crippen molar-refractivity contribution in [3.8, 4) is 11.5 Å². The van der Waals surface area contributed by atoms with Gasteiger partial charge in [0.25, 0.3) is 17.6 Å². The first-order valence-electron chi connectivity index (χ1n) is 12.1. The molecule has 2 amide bonds. The largest absolute Gasteiger partial charge is 0.507 e. The van der Waals surface area contributed by atoms with E-state index in [2.05, 4.69) is 0 Å². The molecule has 1 spiro atoms. The average molecular weight is 492 g/mol. The molecule has 1 saturated heterocycles. The number of nitrogens with zero attached hydrogens (tertiary/aromatic N) is 3. The fourth-order valence-corrected chi connectivity index (χ4v) is 5.36. The molecular weight excluding hydrogens is 462 g/mol. The maximum atomic E-state index is 14.2. The van der Waals surface area contributed by atoms with Crippen LogP contribution in [0.5, 0.6) is 11.5 Å². The number of anilines is 1. The van der Waals surface area contributed by atoms with Gasteiger partial charge in [-0.2, -0.15) is 0 Å². The monoisotopic (exact) mass is 491 g/mol. The van der Waals surface area contributed by atoms with E-state index < -0.39 is 28.9 Å². The minimum Gasteiger partial charge on any atom is -0.507 e. The van der Waals surface area contributed by atoms with Gasteiger partial charge in [0.1, 0.15) is 19.0 Å². The normalized spacial score (nSPS) is 22.2. The highest BCUT2D eigenvalue weighted by molar-refractivity contribution is 6.50. The van der Waals surface area contributed by atoms with Crippen molar-refractivity contribution in [2.75, 3.05) is 51.8 Å². The number of carbonyl (C=O) groups excluding carboxylic acids is 3. The maximum Gasteiger partial charge on any atom is 0.296 e. The van der Waals surface area contributed by atoms with Gasteiger partial charge in [-0.05, 0) is 58.3 Å². The molecule has 188 valence electrons. The van der Waals surface area contributed by atoms with Crippen LogP contribution in [-0.2, 0) is 19.9 Å². The Labute approximate surface area is 209 Å². The van der Waals surface area contributed by atoms with Gasteiger partial charge in [-0.15, -0.1) is 0 Å². The molecule has 0 aromatic heterocycles. The average Bonchev–Trinajstić information content (AvgIpc) is 3.26. The number of hydrogen-bond donors (Lipinski definition) is 1. The van der Waals surface area contributed by atoms with Gasteiger partial charge in [-0.25, -0.2) is 0 Å². The molecule has 0 bridgehead atoms. The van der Waals surface area contributed by atoms with E-state index in [1.54, 1.807) is 41.3 Å². The fourth-order valence-electron chi connectivity index (χ4n) is 5.36.